The number of hydrogen-bond donors (Lipinski definition) is 2. The highest BCUT2D eigenvalue weighted by molar-refractivity contribution is 5.85. The van der Waals surface area contributed by atoms with Crippen LogP contribution in [-0.2, 0) is 11.3 Å². The Labute approximate surface area is 171 Å². The van der Waals surface area contributed by atoms with Gasteiger partial charge in [0.15, 0.2) is 0 Å². The molecular weight excluding hydrogens is 364 g/mol. The quantitative estimate of drug-likeness (QED) is 0.595. The summed E-state index contributed by atoms with van der Waals surface area (Å²) in [6.45, 7) is 2.35. The van der Waals surface area contributed by atoms with Crippen LogP contribution in [0.25, 0.3) is 11.1 Å². The molecule has 3 rings (SSSR count). The summed E-state index contributed by atoms with van der Waals surface area (Å²) in [5.41, 5.74) is 3.86. The molecule has 150 valence electrons. The monoisotopic (exact) mass is 390 g/mol. The lowest BCUT2D eigenvalue weighted by Crippen LogP contribution is -2.37. The maximum Gasteiger partial charge on any atom is 0.242 e. The first-order chi connectivity index (χ1) is 14.1. The van der Waals surface area contributed by atoms with Crippen LogP contribution in [-0.4, -0.2) is 26.2 Å². The zero-order valence-electron chi connectivity index (χ0n) is 16.9. The highest BCUT2D eigenvalue weighted by atomic mass is 16.5. The number of ether oxygens (including phenoxy) is 2. The van der Waals surface area contributed by atoms with Gasteiger partial charge in [-0.25, -0.2) is 0 Å². The van der Waals surface area contributed by atoms with Crippen LogP contribution >= 0.6 is 0 Å². The van der Waals surface area contributed by atoms with Gasteiger partial charge in [-0.2, -0.15) is 0 Å². The fourth-order valence-corrected chi connectivity index (χ4v) is 3.05. The predicted molar refractivity (Wildman–Crippen MR) is 116 cm³/mol. The number of carbonyl (C=O) groups is 1. The van der Waals surface area contributed by atoms with Crippen molar-refractivity contribution in [3.05, 3.63) is 78.4 Å². The molecular formula is C24H26N2O3. The largest absolute Gasteiger partial charge is 0.497 e. The van der Waals surface area contributed by atoms with Gasteiger partial charge in [-0.15, -0.1) is 0 Å². The van der Waals surface area contributed by atoms with Crippen molar-refractivity contribution in [1.82, 2.24) is 5.32 Å². The van der Waals surface area contributed by atoms with Crippen molar-refractivity contribution in [2.45, 2.75) is 19.5 Å². The molecule has 1 amide bonds. The SMILES string of the molecule is COc1ccc(-c2cc(N[C@H](C)C(=O)NCc3ccccc3)ccc2OC)cc1. The number of nitrogens with one attached hydrogen (secondary N) is 2. The Morgan fingerprint density at radius 1 is 0.931 bits per heavy atom. The molecule has 5 heteroatoms. The third-order valence-corrected chi connectivity index (χ3v) is 4.69. The third kappa shape index (κ3) is 5.29. The number of rotatable bonds is 8. The smallest absolute Gasteiger partial charge is 0.242 e. The summed E-state index contributed by atoms with van der Waals surface area (Å²) in [6, 6.07) is 23.1. The molecule has 0 radical (unpaired) electrons. The van der Waals surface area contributed by atoms with Gasteiger partial charge in [0.25, 0.3) is 0 Å². The summed E-state index contributed by atoms with van der Waals surface area (Å²) in [5, 5.41) is 6.23. The fraction of sp³-hybridized carbons (Fsp3) is 0.208. The molecule has 0 aliphatic heterocycles. The summed E-state index contributed by atoms with van der Waals surface area (Å²) >= 11 is 0. The molecule has 3 aromatic rings. The highest BCUT2D eigenvalue weighted by Gasteiger charge is 2.14. The van der Waals surface area contributed by atoms with Crippen molar-refractivity contribution < 1.29 is 14.3 Å². The molecule has 0 saturated heterocycles. The van der Waals surface area contributed by atoms with Crippen LogP contribution in [0.2, 0.25) is 0 Å². The van der Waals surface area contributed by atoms with Gasteiger partial charge in [0.2, 0.25) is 5.91 Å². The number of hydrogen-bond acceptors (Lipinski definition) is 4. The topological polar surface area (TPSA) is 59.6 Å². The van der Waals surface area contributed by atoms with Crippen molar-refractivity contribution in [3.63, 3.8) is 0 Å². The Bertz CT molecular complexity index is 940. The van der Waals surface area contributed by atoms with Gasteiger partial charge in [0, 0.05) is 17.8 Å². The lowest BCUT2D eigenvalue weighted by molar-refractivity contribution is -0.121. The van der Waals surface area contributed by atoms with Crippen LogP contribution in [0.3, 0.4) is 0 Å². The van der Waals surface area contributed by atoms with Crippen molar-refractivity contribution in [2.75, 3.05) is 19.5 Å². The summed E-state index contributed by atoms with van der Waals surface area (Å²) in [5.74, 6) is 1.50. The van der Waals surface area contributed by atoms with E-state index in [1.165, 1.54) is 0 Å². The fourth-order valence-electron chi connectivity index (χ4n) is 3.05. The zero-order chi connectivity index (χ0) is 20.6. The van der Waals surface area contributed by atoms with Crippen molar-refractivity contribution in [2.24, 2.45) is 0 Å². The van der Waals surface area contributed by atoms with Crippen molar-refractivity contribution in [3.8, 4) is 22.6 Å². The molecule has 0 aliphatic carbocycles. The molecule has 29 heavy (non-hydrogen) atoms. The highest BCUT2D eigenvalue weighted by Crippen LogP contribution is 2.33. The van der Waals surface area contributed by atoms with Crippen LogP contribution in [0.5, 0.6) is 11.5 Å². The van der Waals surface area contributed by atoms with E-state index in [-0.39, 0.29) is 11.9 Å². The Kier molecular flexibility index (Phi) is 6.74. The Hall–Kier alpha value is -3.47. The first kappa shape index (κ1) is 20.3. The van der Waals surface area contributed by atoms with Crippen LogP contribution < -0.4 is 20.1 Å². The van der Waals surface area contributed by atoms with Gasteiger partial charge in [-0.1, -0.05) is 42.5 Å². The Balaban J connectivity index is 1.70. The minimum atomic E-state index is -0.379. The van der Waals surface area contributed by atoms with E-state index in [4.69, 9.17) is 9.47 Å². The number of anilines is 1. The second kappa shape index (κ2) is 9.64. The van der Waals surface area contributed by atoms with E-state index < -0.39 is 0 Å². The van der Waals surface area contributed by atoms with Crippen LogP contribution in [0.15, 0.2) is 72.8 Å². The molecule has 0 unspecified atom stereocenters. The maximum absolute atomic E-state index is 12.5. The third-order valence-electron chi connectivity index (χ3n) is 4.69. The lowest BCUT2D eigenvalue weighted by Gasteiger charge is -2.17. The zero-order valence-corrected chi connectivity index (χ0v) is 16.9. The molecule has 3 aromatic carbocycles. The van der Waals surface area contributed by atoms with Gasteiger partial charge in [0.1, 0.15) is 17.5 Å². The minimum absolute atomic E-state index is 0.0596. The summed E-state index contributed by atoms with van der Waals surface area (Å²) in [7, 11) is 3.29. The van der Waals surface area contributed by atoms with Gasteiger partial charge in [-0.3, -0.25) is 4.79 Å². The standard InChI is InChI=1S/C24H26N2O3/c1-17(24(27)25-16-18-7-5-4-6-8-18)26-20-11-14-23(29-3)22(15-20)19-9-12-21(28-2)13-10-19/h4-15,17,26H,16H2,1-3H3,(H,25,27)/t17-/m1/s1. The van der Waals surface area contributed by atoms with Gasteiger partial charge >= 0.3 is 0 Å². The second-order valence-corrected chi connectivity index (χ2v) is 6.71. The molecule has 2 N–H and O–H groups in total. The first-order valence-corrected chi connectivity index (χ1v) is 9.51. The van der Waals surface area contributed by atoms with E-state index in [2.05, 4.69) is 10.6 Å². The van der Waals surface area contributed by atoms with Gasteiger partial charge in [-0.05, 0) is 48.4 Å². The van der Waals surface area contributed by atoms with Crippen LogP contribution in [0, 0.1) is 0 Å². The van der Waals surface area contributed by atoms with E-state index >= 15 is 0 Å². The summed E-state index contributed by atoms with van der Waals surface area (Å²) in [6.07, 6.45) is 0. The molecule has 0 spiro atoms. The predicted octanol–water partition coefficient (Wildman–Crippen LogP) is 4.49. The summed E-state index contributed by atoms with van der Waals surface area (Å²) < 4.78 is 10.7. The molecule has 0 aromatic heterocycles. The molecule has 0 aliphatic rings. The summed E-state index contributed by atoms with van der Waals surface area (Å²) in [4.78, 5) is 12.5. The second-order valence-electron chi connectivity index (χ2n) is 6.71. The van der Waals surface area contributed by atoms with E-state index in [0.717, 1.165) is 33.9 Å². The normalized spacial score (nSPS) is 11.4. The van der Waals surface area contributed by atoms with E-state index in [1.54, 1.807) is 14.2 Å². The molecule has 0 bridgehead atoms. The number of amides is 1. The molecule has 0 saturated carbocycles. The minimum Gasteiger partial charge on any atom is -0.497 e. The average Bonchev–Trinajstić information content (AvgIpc) is 2.78. The van der Waals surface area contributed by atoms with Crippen LogP contribution in [0.4, 0.5) is 5.69 Å². The van der Waals surface area contributed by atoms with Crippen molar-refractivity contribution in [1.29, 1.82) is 0 Å². The number of methoxy groups -OCH3 is 2. The lowest BCUT2D eigenvalue weighted by atomic mass is 10.0. The molecule has 1 atom stereocenters. The molecule has 0 fully saturated rings. The molecule has 5 nitrogen and oxygen atoms in total. The van der Waals surface area contributed by atoms with E-state index in [1.807, 2.05) is 79.7 Å². The average molecular weight is 390 g/mol. The van der Waals surface area contributed by atoms with Crippen LogP contribution in [0.1, 0.15) is 12.5 Å². The molecule has 0 heterocycles. The Morgan fingerprint density at radius 3 is 2.31 bits per heavy atom. The van der Waals surface area contributed by atoms with E-state index in [9.17, 15) is 4.79 Å². The first-order valence-electron chi connectivity index (χ1n) is 9.51. The maximum atomic E-state index is 12.5. The van der Waals surface area contributed by atoms with Gasteiger partial charge in [0.05, 0.1) is 14.2 Å². The Morgan fingerprint density at radius 2 is 1.66 bits per heavy atom. The number of benzene rings is 3. The van der Waals surface area contributed by atoms with E-state index in [0.29, 0.717) is 6.54 Å². The van der Waals surface area contributed by atoms with Crippen molar-refractivity contribution >= 4 is 11.6 Å². The number of carbonyl (C=O) groups excluding carboxylic acids is 1. The van der Waals surface area contributed by atoms with Gasteiger partial charge < -0.3 is 20.1 Å².